The molecule has 0 spiro atoms. The molecule has 1 aromatic rings. The molecule has 0 bridgehead atoms. The number of halogens is 4. The Balaban J connectivity index is 0.00000364. The molecule has 9 heteroatoms. The lowest BCUT2D eigenvalue weighted by Gasteiger charge is -2.32. The normalized spacial score (nSPS) is 15.9. The van der Waals surface area contributed by atoms with Crippen LogP contribution in [0.1, 0.15) is 35.7 Å². The highest BCUT2D eigenvalue weighted by atomic mass is 127. The standard InChI is InChI=1S/C18H25F3N4O.HI/c1-13-7-11-25(12-8-13)17(22-2)24-10-9-23-16(26)14-3-5-15(6-4-14)18(19,20)21;/h3-6,13H,7-12H2,1-2H3,(H,22,24)(H,23,26);1H. The Morgan fingerprint density at radius 2 is 1.70 bits per heavy atom. The fourth-order valence-electron chi connectivity index (χ4n) is 2.82. The molecule has 2 N–H and O–H groups in total. The maximum absolute atomic E-state index is 12.5. The highest BCUT2D eigenvalue weighted by Gasteiger charge is 2.30. The van der Waals surface area contributed by atoms with Crippen LogP contribution in [0.25, 0.3) is 0 Å². The molecule has 1 aromatic carbocycles. The second-order valence-corrected chi connectivity index (χ2v) is 6.47. The third-order valence-electron chi connectivity index (χ3n) is 4.46. The second-order valence-electron chi connectivity index (χ2n) is 6.47. The molecule has 1 aliphatic heterocycles. The van der Waals surface area contributed by atoms with Gasteiger partial charge in [-0.2, -0.15) is 13.2 Å². The molecule has 27 heavy (non-hydrogen) atoms. The number of alkyl halides is 3. The summed E-state index contributed by atoms with van der Waals surface area (Å²) in [7, 11) is 1.72. The van der Waals surface area contributed by atoms with Crippen molar-refractivity contribution in [3.8, 4) is 0 Å². The van der Waals surface area contributed by atoms with Crippen molar-refractivity contribution >= 4 is 35.8 Å². The molecular formula is C18H26F3IN4O. The average Bonchev–Trinajstić information content (AvgIpc) is 2.62. The summed E-state index contributed by atoms with van der Waals surface area (Å²) < 4.78 is 37.6. The van der Waals surface area contributed by atoms with Gasteiger partial charge in [0.15, 0.2) is 5.96 Å². The number of rotatable bonds is 4. The summed E-state index contributed by atoms with van der Waals surface area (Å²) in [5.41, 5.74) is -0.567. The quantitative estimate of drug-likeness (QED) is 0.290. The van der Waals surface area contributed by atoms with Crippen molar-refractivity contribution in [3.05, 3.63) is 35.4 Å². The van der Waals surface area contributed by atoms with Gasteiger partial charge in [0.2, 0.25) is 0 Å². The summed E-state index contributed by atoms with van der Waals surface area (Å²) >= 11 is 0. The lowest BCUT2D eigenvalue weighted by molar-refractivity contribution is -0.137. The number of amides is 1. The number of likely N-dealkylation sites (tertiary alicyclic amines) is 1. The van der Waals surface area contributed by atoms with Crippen LogP contribution in [0.5, 0.6) is 0 Å². The first-order valence-electron chi connectivity index (χ1n) is 8.72. The first-order valence-corrected chi connectivity index (χ1v) is 8.72. The molecule has 1 saturated heterocycles. The number of guanidine groups is 1. The Morgan fingerprint density at radius 3 is 2.22 bits per heavy atom. The minimum absolute atomic E-state index is 0. The zero-order chi connectivity index (χ0) is 19.2. The van der Waals surface area contributed by atoms with Gasteiger partial charge in [0.05, 0.1) is 5.56 Å². The van der Waals surface area contributed by atoms with Gasteiger partial charge >= 0.3 is 6.18 Å². The second kappa shape index (κ2) is 10.7. The number of aliphatic imine (C=N–C) groups is 1. The van der Waals surface area contributed by atoms with Gasteiger partial charge < -0.3 is 15.5 Å². The third kappa shape index (κ3) is 7.19. The highest BCUT2D eigenvalue weighted by Crippen LogP contribution is 2.29. The Hall–Kier alpha value is -1.52. The maximum atomic E-state index is 12.5. The van der Waals surface area contributed by atoms with E-state index in [1.165, 1.54) is 12.1 Å². The molecule has 0 atom stereocenters. The van der Waals surface area contributed by atoms with Crippen LogP contribution in [0, 0.1) is 5.92 Å². The molecule has 0 aromatic heterocycles. The number of benzene rings is 1. The zero-order valence-electron chi connectivity index (χ0n) is 15.5. The highest BCUT2D eigenvalue weighted by molar-refractivity contribution is 14.0. The van der Waals surface area contributed by atoms with Gasteiger partial charge in [-0.3, -0.25) is 9.79 Å². The van der Waals surface area contributed by atoms with E-state index in [-0.39, 0.29) is 29.5 Å². The van der Waals surface area contributed by atoms with E-state index in [2.05, 4.69) is 27.4 Å². The molecule has 5 nitrogen and oxygen atoms in total. The van der Waals surface area contributed by atoms with Crippen molar-refractivity contribution in [1.29, 1.82) is 0 Å². The average molecular weight is 498 g/mol. The van der Waals surface area contributed by atoms with Crippen molar-refractivity contribution in [2.24, 2.45) is 10.9 Å². The summed E-state index contributed by atoms with van der Waals surface area (Å²) in [5, 5.41) is 5.89. The molecule has 0 unspecified atom stereocenters. The lowest BCUT2D eigenvalue weighted by atomic mass is 10.00. The lowest BCUT2D eigenvalue weighted by Crippen LogP contribution is -2.47. The van der Waals surface area contributed by atoms with Crippen molar-refractivity contribution in [2.45, 2.75) is 25.9 Å². The van der Waals surface area contributed by atoms with Crippen LogP contribution in [0.15, 0.2) is 29.3 Å². The third-order valence-corrected chi connectivity index (χ3v) is 4.46. The van der Waals surface area contributed by atoms with Crippen molar-refractivity contribution < 1.29 is 18.0 Å². The van der Waals surface area contributed by atoms with Crippen molar-refractivity contribution in [1.82, 2.24) is 15.5 Å². The van der Waals surface area contributed by atoms with E-state index in [1.54, 1.807) is 7.05 Å². The van der Waals surface area contributed by atoms with Crippen LogP contribution in [-0.4, -0.2) is 50.0 Å². The van der Waals surface area contributed by atoms with E-state index in [0.717, 1.165) is 49.9 Å². The smallest absolute Gasteiger partial charge is 0.354 e. The zero-order valence-corrected chi connectivity index (χ0v) is 17.8. The van der Waals surface area contributed by atoms with Crippen LogP contribution < -0.4 is 10.6 Å². The summed E-state index contributed by atoms with van der Waals surface area (Å²) in [6.07, 6.45) is -2.14. The molecule has 1 aliphatic rings. The number of carbonyl (C=O) groups is 1. The summed E-state index contributed by atoms with van der Waals surface area (Å²) in [5.74, 6) is 1.13. The topological polar surface area (TPSA) is 56.7 Å². The number of nitrogens with one attached hydrogen (secondary N) is 2. The number of nitrogens with zero attached hydrogens (tertiary/aromatic N) is 2. The molecule has 1 heterocycles. The fraction of sp³-hybridized carbons (Fsp3) is 0.556. The van der Waals surface area contributed by atoms with Gasteiger partial charge in [0, 0.05) is 38.8 Å². The Labute approximate surface area is 174 Å². The Bertz CT molecular complexity index is 626. The molecule has 0 radical (unpaired) electrons. The van der Waals surface area contributed by atoms with E-state index >= 15 is 0 Å². The van der Waals surface area contributed by atoms with Crippen LogP contribution in [-0.2, 0) is 6.18 Å². The SMILES string of the molecule is CN=C(NCCNC(=O)c1ccc(C(F)(F)F)cc1)N1CCC(C)CC1.I. The van der Waals surface area contributed by atoms with Gasteiger partial charge in [0.25, 0.3) is 5.91 Å². The van der Waals surface area contributed by atoms with Gasteiger partial charge in [-0.1, -0.05) is 6.92 Å². The summed E-state index contributed by atoms with van der Waals surface area (Å²) in [6, 6.07) is 4.18. The molecular weight excluding hydrogens is 472 g/mol. The molecule has 0 saturated carbocycles. The first-order chi connectivity index (χ1) is 12.3. The monoisotopic (exact) mass is 498 g/mol. The van der Waals surface area contributed by atoms with E-state index in [4.69, 9.17) is 0 Å². The van der Waals surface area contributed by atoms with E-state index in [9.17, 15) is 18.0 Å². The Kier molecular flexibility index (Phi) is 9.34. The van der Waals surface area contributed by atoms with Gasteiger partial charge in [-0.25, -0.2) is 0 Å². The van der Waals surface area contributed by atoms with E-state index < -0.39 is 17.6 Å². The number of hydrogen-bond acceptors (Lipinski definition) is 2. The minimum atomic E-state index is -4.40. The number of carbonyl (C=O) groups excluding carboxylic acids is 1. The predicted octanol–water partition coefficient (Wildman–Crippen LogP) is 3.36. The summed E-state index contributed by atoms with van der Waals surface area (Å²) in [6.45, 7) is 5.00. The number of hydrogen-bond donors (Lipinski definition) is 2. The van der Waals surface area contributed by atoms with Gasteiger partial charge in [-0.05, 0) is 43.0 Å². The Morgan fingerprint density at radius 1 is 1.15 bits per heavy atom. The largest absolute Gasteiger partial charge is 0.416 e. The number of piperidine rings is 1. The molecule has 0 aliphatic carbocycles. The first kappa shape index (κ1) is 23.5. The fourth-order valence-corrected chi connectivity index (χ4v) is 2.82. The van der Waals surface area contributed by atoms with Crippen molar-refractivity contribution in [3.63, 3.8) is 0 Å². The van der Waals surface area contributed by atoms with Crippen LogP contribution in [0.4, 0.5) is 13.2 Å². The van der Waals surface area contributed by atoms with Gasteiger partial charge in [-0.15, -0.1) is 24.0 Å². The van der Waals surface area contributed by atoms with Crippen LogP contribution >= 0.6 is 24.0 Å². The molecule has 2 rings (SSSR count). The van der Waals surface area contributed by atoms with E-state index in [0.29, 0.717) is 13.1 Å². The van der Waals surface area contributed by atoms with Crippen LogP contribution in [0.2, 0.25) is 0 Å². The molecule has 1 amide bonds. The summed E-state index contributed by atoms with van der Waals surface area (Å²) in [4.78, 5) is 18.4. The predicted molar refractivity (Wildman–Crippen MR) is 111 cm³/mol. The maximum Gasteiger partial charge on any atom is 0.416 e. The minimum Gasteiger partial charge on any atom is -0.354 e. The molecule has 152 valence electrons. The van der Waals surface area contributed by atoms with Gasteiger partial charge in [0.1, 0.15) is 0 Å². The van der Waals surface area contributed by atoms with Crippen LogP contribution in [0.3, 0.4) is 0 Å². The van der Waals surface area contributed by atoms with E-state index in [1.807, 2.05) is 0 Å². The van der Waals surface area contributed by atoms with Crippen molar-refractivity contribution in [2.75, 3.05) is 33.2 Å². The molecule has 1 fully saturated rings.